The van der Waals surface area contributed by atoms with E-state index >= 15 is 0 Å². The topological polar surface area (TPSA) is 75.3 Å². The first-order valence-corrected chi connectivity index (χ1v) is 8.19. The van der Waals surface area contributed by atoms with Gasteiger partial charge in [-0.25, -0.2) is 0 Å². The summed E-state index contributed by atoms with van der Waals surface area (Å²) in [4.78, 5) is 34.9. The zero-order valence-electron chi connectivity index (χ0n) is 12.2. The molecule has 0 heterocycles. The standard InChI is InChI=1S/C16H19BrN2O3/c17-13-5-3-11(4-6-13)14(20)7-8-15(21)18-9-10-19-16(22)12-1-2-12/h3-6,12H,1-2,7-10H2,(H,18,21)(H,19,22). The van der Waals surface area contributed by atoms with E-state index < -0.39 is 0 Å². The van der Waals surface area contributed by atoms with E-state index in [-0.39, 0.29) is 36.4 Å². The largest absolute Gasteiger partial charge is 0.354 e. The lowest BCUT2D eigenvalue weighted by Gasteiger charge is -2.06. The third kappa shape index (κ3) is 5.60. The van der Waals surface area contributed by atoms with E-state index in [2.05, 4.69) is 26.6 Å². The number of halogens is 1. The minimum atomic E-state index is -0.175. The van der Waals surface area contributed by atoms with Gasteiger partial charge in [0.05, 0.1) is 0 Å². The lowest BCUT2D eigenvalue weighted by molar-refractivity contribution is -0.123. The summed E-state index contributed by atoms with van der Waals surface area (Å²) in [5.74, 6) is 0.0229. The van der Waals surface area contributed by atoms with Gasteiger partial charge in [0.2, 0.25) is 11.8 Å². The molecule has 1 aromatic rings. The molecule has 0 aromatic heterocycles. The molecule has 0 bridgehead atoms. The highest BCUT2D eigenvalue weighted by Gasteiger charge is 2.28. The molecule has 2 rings (SSSR count). The van der Waals surface area contributed by atoms with Crippen molar-refractivity contribution in [3.05, 3.63) is 34.3 Å². The molecule has 0 radical (unpaired) electrons. The Kier molecular flexibility index (Phi) is 6.12. The summed E-state index contributed by atoms with van der Waals surface area (Å²) in [7, 11) is 0. The maximum atomic E-state index is 11.9. The van der Waals surface area contributed by atoms with Crippen LogP contribution < -0.4 is 10.6 Å². The molecule has 0 spiro atoms. The Morgan fingerprint density at radius 2 is 1.64 bits per heavy atom. The van der Waals surface area contributed by atoms with Crippen molar-refractivity contribution in [3.63, 3.8) is 0 Å². The maximum absolute atomic E-state index is 11.9. The average Bonchev–Trinajstić information content (AvgIpc) is 3.34. The molecule has 0 saturated heterocycles. The normalized spacial score (nSPS) is 13.5. The molecule has 5 nitrogen and oxygen atoms in total. The van der Waals surface area contributed by atoms with Crippen molar-refractivity contribution in [2.75, 3.05) is 13.1 Å². The van der Waals surface area contributed by atoms with Crippen LogP contribution in [0.3, 0.4) is 0 Å². The van der Waals surface area contributed by atoms with Gasteiger partial charge in [0, 0.05) is 41.9 Å². The van der Waals surface area contributed by atoms with Crippen molar-refractivity contribution in [1.82, 2.24) is 10.6 Å². The molecule has 0 atom stereocenters. The Bertz CT molecular complexity index is 553. The summed E-state index contributed by atoms with van der Waals surface area (Å²) in [6.45, 7) is 0.825. The number of nitrogens with one attached hydrogen (secondary N) is 2. The van der Waals surface area contributed by atoms with Gasteiger partial charge < -0.3 is 10.6 Å². The quantitative estimate of drug-likeness (QED) is 0.546. The molecular formula is C16H19BrN2O3. The lowest BCUT2D eigenvalue weighted by Crippen LogP contribution is -2.35. The van der Waals surface area contributed by atoms with Crippen LogP contribution in [-0.2, 0) is 9.59 Å². The van der Waals surface area contributed by atoms with Gasteiger partial charge in [0.1, 0.15) is 0 Å². The van der Waals surface area contributed by atoms with Crippen LogP contribution >= 0.6 is 15.9 Å². The van der Waals surface area contributed by atoms with Crippen molar-refractivity contribution in [1.29, 1.82) is 0 Å². The number of carbonyl (C=O) groups is 3. The number of hydrogen-bond donors (Lipinski definition) is 2. The van der Waals surface area contributed by atoms with Crippen molar-refractivity contribution >= 4 is 33.5 Å². The fourth-order valence-corrected chi connectivity index (χ4v) is 2.24. The molecule has 22 heavy (non-hydrogen) atoms. The minimum Gasteiger partial charge on any atom is -0.354 e. The van der Waals surface area contributed by atoms with Crippen LogP contribution in [0.15, 0.2) is 28.7 Å². The highest BCUT2D eigenvalue weighted by atomic mass is 79.9. The molecular weight excluding hydrogens is 348 g/mol. The molecule has 1 aliphatic rings. The second kappa shape index (κ2) is 8.08. The summed E-state index contributed by atoms with van der Waals surface area (Å²) in [6.07, 6.45) is 2.28. The van der Waals surface area contributed by atoms with E-state index in [0.29, 0.717) is 18.7 Å². The zero-order chi connectivity index (χ0) is 15.9. The van der Waals surface area contributed by atoms with Crippen LogP contribution in [-0.4, -0.2) is 30.7 Å². The van der Waals surface area contributed by atoms with Gasteiger partial charge in [-0.05, 0) is 25.0 Å². The Balaban J connectivity index is 1.59. The van der Waals surface area contributed by atoms with E-state index in [4.69, 9.17) is 0 Å². The summed E-state index contributed by atoms with van der Waals surface area (Å²) in [5.41, 5.74) is 0.604. The number of ketones is 1. The zero-order valence-corrected chi connectivity index (χ0v) is 13.8. The second-order valence-corrected chi connectivity index (χ2v) is 6.26. The summed E-state index contributed by atoms with van der Waals surface area (Å²) < 4.78 is 0.912. The molecule has 118 valence electrons. The summed E-state index contributed by atoms with van der Waals surface area (Å²) >= 11 is 3.31. The molecule has 2 N–H and O–H groups in total. The van der Waals surface area contributed by atoms with Crippen LogP contribution in [0.2, 0.25) is 0 Å². The van der Waals surface area contributed by atoms with Crippen LogP contribution in [0.1, 0.15) is 36.0 Å². The molecule has 1 aromatic carbocycles. The average molecular weight is 367 g/mol. The number of carbonyl (C=O) groups excluding carboxylic acids is 3. The van der Waals surface area contributed by atoms with Crippen molar-refractivity contribution < 1.29 is 14.4 Å². The Hall–Kier alpha value is -1.69. The Morgan fingerprint density at radius 3 is 2.27 bits per heavy atom. The van der Waals surface area contributed by atoms with Gasteiger partial charge in [-0.2, -0.15) is 0 Å². The van der Waals surface area contributed by atoms with Gasteiger partial charge in [0.25, 0.3) is 0 Å². The molecule has 0 unspecified atom stereocenters. The number of hydrogen-bond acceptors (Lipinski definition) is 3. The van der Waals surface area contributed by atoms with Crippen LogP contribution in [0, 0.1) is 5.92 Å². The van der Waals surface area contributed by atoms with Crippen LogP contribution in [0.4, 0.5) is 0 Å². The highest BCUT2D eigenvalue weighted by Crippen LogP contribution is 2.28. The third-order valence-corrected chi connectivity index (χ3v) is 3.97. The molecule has 1 aliphatic carbocycles. The lowest BCUT2D eigenvalue weighted by atomic mass is 10.1. The first-order chi connectivity index (χ1) is 10.6. The second-order valence-electron chi connectivity index (χ2n) is 5.35. The number of amides is 2. The predicted molar refractivity (Wildman–Crippen MR) is 86.4 cm³/mol. The molecule has 1 fully saturated rings. The molecule has 1 saturated carbocycles. The summed E-state index contributed by atoms with van der Waals surface area (Å²) in [5, 5.41) is 5.47. The monoisotopic (exact) mass is 366 g/mol. The predicted octanol–water partition coefficient (Wildman–Crippen LogP) is 2.05. The van der Waals surface area contributed by atoms with E-state index in [9.17, 15) is 14.4 Å². The van der Waals surface area contributed by atoms with Gasteiger partial charge >= 0.3 is 0 Å². The van der Waals surface area contributed by atoms with Crippen LogP contribution in [0.5, 0.6) is 0 Å². The fourth-order valence-electron chi connectivity index (χ4n) is 1.97. The highest BCUT2D eigenvalue weighted by molar-refractivity contribution is 9.10. The van der Waals surface area contributed by atoms with E-state index in [1.54, 1.807) is 24.3 Å². The van der Waals surface area contributed by atoms with Gasteiger partial charge in [-0.1, -0.05) is 28.1 Å². The first kappa shape index (κ1) is 16.7. The molecule has 0 aliphatic heterocycles. The van der Waals surface area contributed by atoms with E-state index in [0.717, 1.165) is 17.3 Å². The Labute approximate surface area is 138 Å². The van der Waals surface area contributed by atoms with Crippen LogP contribution in [0.25, 0.3) is 0 Å². The first-order valence-electron chi connectivity index (χ1n) is 7.39. The van der Waals surface area contributed by atoms with Gasteiger partial charge in [-0.3, -0.25) is 14.4 Å². The number of Topliss-reactive ketones (excluding diaryl/α,β-unsaturated/α-hetero) is 1. The number of rotatable bonds is 8. The third-order valence-electron chi connectivity index (χ3n) is 3.44. The summed E-state index contributed by atoms with van der Waals surface area (Å²) in [6, 6.07) is 7.07. The fraction of sp³-hybridized carbons (Fsp3) is 0.438. The van der Waals surface area contributed by atoms with Crippen molar-refractivity contribution in [2.45, 2.75) is 25.7 Å². The Morgan fingerprint density at radius 1 is 1.00 bits per heavy atom. The van der Waals surface area contributed by atoms with Gasteiger partial charge in [0.15, 0.2) is 5.78 Å². The van der Waals surface area contributed by atoms with Crippen molar-refractivity contribution in [2.24, 2.45) is 5.92 Å². The molecule has 6 heteroatoms. The minimum absolute atomic E-state index is 0.0512. The van der Waals surface area contributed by atoms with Gasteiger partial charge in [-0.15, -0.1) is 0 Å². The molecule has 2 amide bonds. The van der Waals surface area contributed by atoms with E-state index in [1.807, 2.05) is 0 Å². The number of benzene rings is 1. The van der Waals surface area contributed by atoms with Crippen molar-refractivity contribution in [3.8, 4) is 0 Å². The maximum Gasteiger partial charge on any atom is 0.223 e. The SMILES string of the molecule is O=C(CCC(=O)c1ccc(Br)cc1)NCCNC(=O)C1CC1. The smallest absolute Gasteiger partial charge is 0.223 e. The van der Waals surface area contributed by atoms with E-state index in [1.165, 1.54) is 0 Å².